The molecule has 1 aromatic rings. The summed E-state index contributed by atoms with van der Waals surface area (Å²) in [6.45, 7) is 5.81. The van der Waals surface area contributed by atoms with Gasteiger partial charge in [0.1, 0.15) is 6.10 Å². The number of esters is 1. The Balaban J connectivity index is 1.93. The van der Waals surface area contributed by atoms with Crippen LogP contribution in [0.25, 0.3) is 6.08 Å². The lowest BCUT2D eigenvalue weighted by Gasteiger charge is -2.20. The Kier molecular flexibility index (Phi) is 12.9. The first-order valence-electron chi connectivity index (χ1n) is 12.5. The molecule has 0 saturated heterocycles. The van der Waals surface area contributed by atoms with Gasteiger partial charge in [0.05, 0.1) is 13.2 Å². The molecule has 0 atom stereocenters. The minimum absolute atomic E-state index is 0.0800. The lowest BCUT2D eigenvalue weighted by atomic mass is 9.98. The van der Waals surface area contributed by atoms with E-state index in [1.807, 2.05) is 18.2 Å². The van der Waals surface area contributed by atoms with Crippen molar-refractivity contribution in [3.8, 4) is 11.5 Å². The van der Waals surface area contributed by atoms with Crippen LogP contribution in [0.15, 0.2) is 24.3 Å². The second kappa shape index (κ2) is 15.8. The molecular formula is C27H42O4. The van der Waals surface area contributed by atoms with Crippen LogP contribution in [0.2, 0.25) is 0 Å². The fraction of sp³-hybridized carbons (Fsp3) is 0.667. The predicted molar refractivity (Wildman–Crippen MR) is 128 cm³/mol. The standard InChI is InChI=1S/C27H42O4/c1-3-5-7-12-20-29-25-18-16-23(22-26(25)30-21-13-8-6-4-2)17-19-27(28)31-24-14-10-9-11-15-24/h16-19,22,24H,3-15,20-21H2,1-2H3. The molecule has 1 aliphatic carbocycles. The van der Waals surface area contributed by atoms with E-state index in [0.29, 0.717) is 13.2 Å². The summed E-state index contributed by atoms with van der Waals surface area (Å²) >= 11 is 0. The van der Waals surface area contributed by atoms with Crippen molar-refractivity contribution >= 4 is 12.0 Å². The van der Waals surface area contributed by atoms with Gasteiger partial charge in [-0.1, -0.05) is 64.9 Å². The number of hydrogen-bond acceptors (Lipinski definition) is 4. The highest BCUT2D eigenvalue weighted by atomic mass is 16.5. The SMILES string of the molecule is CCCCCCOc1ccc(C=CC(=O)OC2CCCCC2)cc1OCCCCCC. The molecule has 4 heteroatoms. The average molecular weight is 431 g/mol. The summed E-state index contributed by atoms with van der Waals surface area (Å²) in [5.41, 5.74) is 0.919. The Hall–Kier alpha value is -1.97. The molecule has 0 N–H and O–H groups in total. The second-order valence-corrected chi connectivity index (χ2v) is 8.55. The van der Waals surface area contributed by atoms with Gasteiger partial charge in [-0.2, -0.15) is 0 Å². The van der Waals surface area contributed by atoms with Crippen LogP contribution < -0.4 is 9.47 Å². The maximum absolute atomic E-state index is 12.2. The quantitative estimate of drug-likeness (QED) is 0.164. The zero-order valence-corrected chi connectivity index (χ0v) is 19.7. The highest BCUT2D eigenvalue weighted by Crippen LogP contribution is 2.30. The molecule has 0 spiro atoms. The molecule has 2 rings (SSSR count). The van der Waals surface area contributed by atoms with E-state index in [9.17, 15) is 4.79 Å². The van der Waals surface area contributed by atoms with Crippen LogP contribution in [-0.4, -0.2) is 25.3 Å². The second-order valence-electron chi connectivity index (χ2n) is 8.55. The highest BCUT2D eigenvalue weighted by Gasteiger charge is 2.16. The van der Waals surface area contributed by atoms with E-state index in [2.05, 4.69) is 13.8 Å². The van der Waals surface area contributed by atoms with Crippen molar-refractivity contribution < 1.29 is 19.0 Å². The first kappa shape index (κ1) is 25.3. The van der Waals surface area contributed by atoms with Gasteiger partial charge in [-0.3, -0.25) is 0 Å². The van der Waals surface area contributed by atoms with Gasteiger partial charge >= 0.3 is 5.97 Å². The molecule has 1 aromatic carbocycles. The number of benzene rings is 1. The van der Waals surface area contributed by atoms with Crippen LogP contribution >= 0.6 is 0 Å². The van der Waals surface area contributed by atoms with Crippen molar-refractivity contribution in [2.75, 3.05) is 13.2 Å². The van der Waals surface area contributed by atoms with Crippen molar-refractivity contribution in [2.45, 2.75) is 103 Å². The number of ether oxygens (including phenoxy) is 3. The molecule has 0 amide bonds. The number of unbranched alkanes of at least 4 members (excludes halogenated alkanes) is 6. The Morgan fingerprint density at radius 2 is 1.52 bits per heavy atom. The van der Waals surface area contributed by atoms with Crippen molar-refractivity contribution in [3.05, 3.63) is 29.8 Å². The largest absolute Gasteiger partial charge is 0.490 e. The zero-order chi connectivity index (χ0) is 22.2. The van der Waals surface area contributed by atoms with Gasteiger partial charge in [0, 0.05) is 6.08 Å². The maximum Gasteiger partial charge on any atom is 0.331 e. The number of hydrogen-bond donors (Lipinski definition) is 0. The molecule has 0 heterocycles. The van der Waals surface area contributed by atoms with Crippen LogP contribution in [0, 0.1) is 0 Å². The summed E-state index contributed by atoms with van der Waals surface area (Å²) in [6.07, 6.45) is 18.3. The normalized spacial score (nSPS) is 14.6. The van der Waals surface area contributed by atoms with Crippen LogP contribution in [0.5, 0.6) is 11.5 Å². The summed E-state index contributed by atoms with van der Waals surface area (Å²) in [4.78, 5) is 12.2. The fourth-order valence-corrected chi connectivity index (χ4v) is 3.83. The average Bonchev–Trinajstić information content (AvgIpc) is 2.79. The van der Waals surface area contributed by atoms with Crippen LogP contribution in [0.4, 0.5) is 0 Å². The van der Waals surface area contributed by atoms with Crippen LogP contribution in [-0.2, 0) is 9.53 Å². The van der Waals surface area contributed by atoms with E-state index in [4.69, 9.17) is 14.2 Å². The molecule has 31 heavy (non-hydrogen) atoms. The molecule has 1 aliphatic rings. The highest BCUT2D eigenvalue weighted by molar-refractivity contribution is 5.87. The Bertz CT molecular complexity index is 647. The van der Waals surface area contributed by atoms with Crippen LogP contribution in [0.1, 0.15) is 103 Å². The van der Waals surface area contributed by atoms with E-state index in [1.54, 1.807) is 6.08 Å². The molecule has 174 valence electrons. The third kappa shape index (κ3) is 10.8. The van der Waals surface area contributed by atoms with Gasteiger partial charge in [0.2, 0.25) is 0 Å². The molecular weight excluding hydrogens is 388 g/mol. The van der Waals surface area contributed by atoms with Gasteiger partial charge in [-0.15, -0.1) is 0 Å². The molecule has 0 aliphatic heterocycles. The predicted octanol–water partition coefficient (Wildman–Crippen LogP) is 7.49. The minimum Gasteiger partial charge on any atom is -0.490 e. The molecule has 0 unspecified atom stereocenters. The van der Waals surface area contributed by atoms with Gasteiger partial charge in [-0.25, -0.2) is 4.79 Å². The lowest BCUT2D eigenvalue weighted by molar-refractivity contribution is -0.144. The van der Waals surface area contributed by atoms with Gasteiger partial charge in [0.25, 0.3) is 0 Å². The smallest absolute Gasteiger partial charge is 0.331 e. The minimum atomic E-state index is -0.259. The lowest BCUT2D eigenvalue weighted by Crippen LogP contribution is -2.19. The topological polar surface area (TPSA) is 44.8 Å². The zero-order valence-electron chi connectivity index (χ0n) is 19.7. The van der Waals surface area contributed by atoms with E-state index in [-0.39, 0.29) is 12.1 Å². The number of carbonyl (C=O) groups excluding carboxylic acids is 1. The van der Waals surface area contributed by atoms with Gasteiger partial charge < -0.3 is 14.2 Å². The molecule has 1 saturated carbocycles. The van der Waals surface area contributed by atoms with Crippen molar-refractivity contribution in [1.29, 1.82) is 0 Å². The first-order valence-corrected chi connectivity index (χ1v) is 12.5. The monoisotopic (exact) mass is 430 g/mol. The summed E-state index contributed by atoms with van der Waals surface area (Å²) in [7, 11) is 0. The maximum atomic E-state index is 12.2. The summed E-state index contributed by atoms with van der Waals surface area (Å²) < 4.78 is 17.6. The van der Waals surface area contributed by atoms with Crippen molar-refractivity contribution in [2.24, 2.45) is 0 Å². The summed E-state index contributed by atoms with van der Waals surface area (Å²) in [6, 6.07) is 5.88. The van der Waals surface area contributed by atoms with Crippen molar-refractivity contribution in [3.63, 3.8) is 0 Å². The third-order valence-corrected chi connectivity index (χ3v) is 5.73. The van der Waals surface area contributed by atoms with E-state index in [1.165, 1.54) is 51.0 Å². The fourth-order valence-electron chi connectivity index (χ4n) is 3.83. The molecule has 1 fully saturated rings. The molecule has 0 radical (unpaired) electrons. The van der Waals surface area contributed by atoms with Crippen molar-refractivity contribution in [1.82, 2.24) is 0 Å². The molecule has 0 bridgehead atoms. The van der Waals surface area contributed by atoms with E-state index in [0.717, 1.165) is 55.6 Å². The van der Waals surface area contributed by atoms with Crippen LogP contribution in [0.3, 0.4) is 0 Å². The number of rotatable bonds is 15. The molecule has 4 nitrogen and oxygen atoms in total. The van der Waals surface area contributed by atoms with Gasteiger partial charge in [-0.05, 0) is 62.3 Å². The Morgan fingerprint density at radius 1 is 0.871 bits per heavy atom. The van der Waals surface area contributed by atoms with E-state index < -0.39 is 0 Å². The third-order valence-electron chi connectivity index (χ3n) is 5.73. The summed E-state index contributed by atoms with van der Waals surface area (Å²) in [5, 5.41) is 0. The Labute approximate surface area is 189 Å². The summed E-state index contributed by atoms with van der Waals surface area (Å²) in [5.74, 6) is 1.29. The van der Waals surface area contributed by atoms with E-state index >= 15 is 0 Å². The Morgan fingerprint density at radius 3 is 2.16 bits per heavy atom. The first-order chi connectivity index (χ1) is 15.2. The molecule has 0 aromatic heterocycles. The number of carbonyl (C=O) groups is 1. The van der Waals surface area contributed by atoms with Gasteiger partial charge in [0.15, 0.2) is 11.5 Å².